The molecule has 0 saturated heterocycles. The van der Waals surface area contributed by atoms with Crippen LogP contribution in [0.5, 0.6) is 5.75 Å². The number of ether oxygens (including phenoxy) is 1. The molecule has 2 nitrogen and oxygen atoms in total. The molecule has 0 aliphatic rings. The van der Waals surface area contributed by atoms with Gasteiger partial charge in [0, 0.05) is 0 Å². The van der Waals surface area contributed by atoms with Crippen LogP contribution in [0.2, 0.25) is 0 Å². The molecule has 0 aromatic heterocycles. The first-order valence-corrected chi connectivity index (χ1v) is 6.44. The first kappa shape index (κ1) is 12.4. The van der Waals surface area contributed by atoms with Gasteiger partial charge in [0.2, 0.25) is 6.29 Å². The van der Waals surface area contributed by atoms with E-state index >= 15 is 0 Å². The molecule has 0 aliphatic heterocycles. The first-order valence-electron chi connectivity index (χ1n) is 6.44. The van der Waals surface area contributed by atoms with Gasteiger partial charge >= 0.3 is 0 Å². The van der Waals surface area contributed by atoms with E-state index in [0.29, 0.717) is 17.9 Å². The van der Waals surface area contributed by atoms with Crippen LogP contribution in [-0.4, -0.2) is 6.29 Å². The summed E-state index contributed by atoms with van der Waals surface area (Å²) in [5.74, 6) is 0.572. The van der Waals surface area contributed by atoms with E-state index in [-0.39, 0.29) is 0 Å². The van der Waals surface area contributed by atoms with Crippen LogP contribution in [-0.2, 0) is 11.4 Å². The van der Waals surface area contributed by atoms with Crippen LogP contribution in [0, 0.1) is 0 Å². The van der Waals surface area contributed by atoms with E-state index in [2.05, 4.69) is 0 Å². The van der Waals surface area contributed by atoms with Crippen molar-refractivity contribution in [2.45, 2.75) is 6.61 Å². The number of hydrogen-bond donors (Lipinski definition) is 0. The summed E-state index contributed by atoms with van der Waals surface area (Å²) in [4.78, 5) is 11.1. The summed E-state index contributed by atoms with van der Waals surface area (Å²) in [6.45, 7) is 0.438. The molecular formula is C18H13O2. The van der Waals surface area contributed by atoms with E-state index in [9.17, 15) is 4.79 Å². The highest BCUT2D eigenvalue weighted by Gasteiger charge is 2.06. The molecule has 3 aromatic rings. The van der Waals surface area contributed by atoms with Crippen molar-refractivity contribution >= 4 is 17.1 Å². The molecule has 0 saturated carbocycles. The van der Waals surface area contributed by atoms with Gasteiger partial charge in [0.05, 0.1) is 5.56 Å². The van der Waals surface area contributed by atoms with Crippen molar-refractivity contribution in [2.75, 3.05) is 0 Å². The normalized spacial score (nSPS) is 10.4. The van der Waals surface area contributed by atoms with Gasteiger partial charge in [-0.25, -0.2) is 0 Å². The van der Waals surface area contributed by atoms with Crippen molar-refractivity contribution < 1.29 is 9.53 Å². The molecule has 2 heteroatoms. The summed E-state index contributed by atoms with van der Waals surface area (Å²) in [7, 11) is 0. The maximum absolute atomic E-state index is 11.1. The monoisotopic (exact) mass is 261 g/mol. The third kappa shape index (κ3) is 2.54. The number of fused-ring (bicyclic) bond motifs is 1. The molecule has 0 aliphatic carbocycles. The second-order valence-corrected chi connectivity index (χ2v) is 4.57. The third-order valence-electron chi connectivity index (χ3n) is 3.20. The lowest BCUT2D eigenvalue weighted by Crippen LogP contribution is -1.98. The van der Waals surface area contributed by atoms with Gasteiger partial charge in [0.15, 0.2) is 0 Å². The van der Waals surface area contributed by atoms with Gasteiger partial charge in [-0.2, -0.15) is 0 Å². The summed E-state index contributed by atoms with van der Waals surface area (Å²) in [6, 6.07) is 21.4. The van der Waals surface area contributed by atoms with E-state index in [1.54, 1.807) is 0 Å². The molecule has 1 radical (unpaired) electrons. The molecule has 0 N–H and O–H groups in total. The topological polar surface area (TPSA) is 26.3 Å². The number of hydrogen-bond acceptors (Lipinski definition) is 2. The quantitative estimate of drug-likeness (QED) is 0.712. The molecular weight excluding hydrogens is 248 g/mol. The highest BCUT2D eigenvalue weighted by molar-refractivity contribution is 5.92. The van der Waals surface area contributed by atoms with Crippen molar-refractivity contribution in [3.8, 4) is 5.75 Å². The zero-order chi connectivity index (χ0) is 13.8. The Morgan fingerprint density at radius 1 is 0.850 bits per heavy atom. The van der Waals surface area contributed by atoms with Crippen LogP contribution in [0.25, 0.3) is 10.8 Å². The molecule has 0 unspecified atom stereocenters. The van der Waals surface area contributed by atoms with Crippen molar-refractivity contribution in [1.29, 1.82) is 0 Å². The SMILES string of the molecule is O=[C]c1cc2ccccc2cc1OCc1ccccc1. The Kier molecular flexibility index (Phi) is 3.46. The minimum absolute atomic E-state index is 0.438. The Balaban J connectivity index is 1.92. The van der Waals surface area contributed by atoms with Crippen molar-refractivity contribution in [2.24, 2.45) is 0 Å². The van der Waals surface area contributed by atoms with Crippen LogP contribution in [0.4, 0.5) is 0 Å². The van der Waals surface area contributed by atoms with Crippen molar-refractivity contribution in [3.05, 3.63) is 77.9 Å². The zero-order valence-corrected chi connectivity index (χ0v) is 10.9. The maximum atomic E-state index is 11.1. The van der Waals surface area contributed by atoms with Gasteiger partial charge < -0.3 is 4.74 Å². The zero-order valence-electron chi connectivity index (χ0n) is 10.9. The predicted octanol–water partition coefficient (Wildman–Crippen LogP) is 3.88. The molecule has 0 amide bonds. The van der Waals surface area contributed by atoms with Crippen LogP contribution in [0.1, 0.15) is 11.1 Å². The molecule has 0 bridgehead atoms. The first-order chi connectivity index (χ1) is 9.86. The van der Waals surface area contributed by atoms with Gasteiger partial charge in [0.25, 0.3) is 0 Å². The molecule has 0 heterocycles. The summed E-state index contributed by atoms with van der Waals surface area (Å²) >= 11 is 0. The van der Waals surface area contributed by atoms with Gasteiger partial charge in [-0.3, -0.25) is 4.79 Å². The third-order valence-corrected chi connectivity index (χ3v) is 3.20. The van der Waals surface area contributed by atoms with Gasteiger partial charge in [-0.15, -0.1) is 0 Å². The second-order valence-electron chi connectivity index (χ2n) is 4.57. The Labute approximate surface area is 117 Å². The van der Waals surface area contributed by atoms with Crippen LogP contribution < -0.4 is 4.74 Å². The molecule has 0 spiro atoms. The summed E-state index contributed by atoms with van der Waals surface area (Å²) < 4.78 is 5.76. The van der Waals surface area contributed by atoms with Crippen LogP contribution in [0.3, 0.4) is 0 Å². The summed E-state index contributed by atoms with van der Waals surface area (Å²) in [5, 5.41) is 2.06. The predicted molar refractivity (Wildman–Crippen MR) is 79.5 cm³/mol. The average Bonchev–Trinajstić information content (AvgIpc) is 2.53. The summed E-state index contributed by atoms with van der Waals surface area (Å²) in [5.41, 5.74) is 1.53. The molecule has 3 aromatic carbocycles. The molecule has 97 valence electrons. The molecule has 20 heavy (non-hydrogen) atoms. The van der Waals surface area contributed by atoms with E-state index in [4.69, 9.17) is 4.74 Å². The highest BCUT2D eigenvalue weighted by Crippen LogP contribution is 2.25. The smallest absolute Gasteiger partial charge is 0.237 e. The highest BCUT2D eigenvalue weighted by atomic mass is 16.5. The van der Waals surface area contributed by atoms with Gasteiger partial charge in [-0.05, 0) is 28.5 Å². The van der Waals surface area contributed by atoms with E-state index in [1.165, 1.54) is 0 Å². The largest absolute Gasteiger partial charge is 0.488 e. The Morgan fingerprint density at radius 3 is 2.20 bits per heavy atom. The standard InChI is InChI=1S/C18H13O2/c19-12-17-10-15-8-4-5-9-16(15)11-18(17)20-13-14-6-2-1-3-7-14/h1-11H,13H2. The average molecular weight is 261 g/mol. The minimum atomic E-state index is 0.438. The maximum Gasteiger partial charge on any atom is 0.237 e. The van der Waals surface area contributed by atoms with Crippen molar-refractivity contribution in [1.82, 2.24) is 0 Å². The molecule has 0 fully saturated rings. The minimum Gasteiger partial charge on any atom is -0.488 e. The van der Waals surface area contributed by atoms with Crippen LogP contribution in [0.15, 0.2) is 66.7 Å². The fraction of sp³-hybridized carbons (Fsp3) is 0.0556. The Morgan fingerprint density at radius 2 is 1.50 bits per heavy atom. The lowest BCUT2D eigenvalue weighted by Gasteiger charge is -2.09. The second kappa shape index (κ2) is 5.57. The van der Waals surface area contributed by atoms with E-state index in [1.807, 2.05) is 73.0 Å². The fourth-order valence-corrected chi connectivity index (χ4v) is 2.15. The van der Waals surface area contributed by atoms with Crippen molar-refractivity contribution in [3.63, 3.8) is 0 Å². The molecule has 3 rings (SSSR count). The number of rotatable bonds is 4. The Hall–Kier alpha value is -2.61. The van der Waals surface area contributed by atoms with E-state index in [0.717, 1.165) is 16.3 Å². The van der Waals surface area contributed by atoms with Gasteiger partial charge in [0.1, 0.15) is 12.4 Å². The lowest BCUT2D eigenvalue weighted by molar-refractivity contribution is 0.306. The molecule has 0 atom stereocenters. The fourth-order valence-electron chi connectivity index (χ4n) is 2.15. The van der Waals surface area contributed by atoms with Gasteiger partial charge in [-0.1, -0.05) is 54.6 Å². The number of carbonyl (C=O) groups excluding carboxylic acids is 1. The van der Waals surface area contributed by atoms with Crippen LogP contribution >= 0.6 is 0 Å². The Bertz CT molecular complexity index is 733. The number of benzene rings is 3. The lowest BCUT2D eigenvalue weighted by atomic mass is 10.1. The summed E-state index contributed by atoms with van der Waals surface area (Å²) in [6.07, 6.45) is 1.95. The van der Waals surface area contributed by atoms with E-state index < -0.39 is 0 Å².